The van der Waals surface area contributed by atoms with Crippen molar-refractivity contribution in [1.29, 1.82) is 0 Å². The van der Waals surface area contributed by atoms with Crippen LogP contribution in [-0.4, -0.2) is 29.0 Å². The fraction of sp³-hybridized carbons (Fsp3) is 0.348. The van der Waals surface area contributed by atoms with E-state index in [1.54, 1.807) is 16.6 Å². The first kappa shape index (κ1) is 21.3. The largest absolute Gasteiger partial charge is 0.270 e. The van der Waals surface area contributed by atoms with Gasteiger partial charge in [-0.15, -0.1) is 0 Å². The monoisotopic (exact) mass is 411 g/mol. The SMILES string of the molecule is CCn1ncc(CN(CCc2ccccc2)S(=O)(=O)c2ccc(C)cc2C)c1C. The summed E-state index contributed by atoms with van der Waals surface area (Å²) in [4.78, 5) is 0.372. The molecule has 0 saturated carbocycles. The lowest BCUT2D eigenvalue weighted by Gasteiger charge is -2.23. The van der Waals surface area contributed by atoms with Gasteiger partial charge in [-0.05, 0) is 51.3 Å². The number of hydrogen-bond donors (Lipinski definition) is 0. The van der Waals surface area contributed by atoms with Gasteiger partial charge in [0, 0.05) is 30.9 Å². The van der Waals surface area contributed by atoms with Crippen LogP contribution in [0, 0.1) is 20.8 Å². The molecule has 29 heavy (non-hydrogen) atoms. The molecule has 0 bridgehead atoms. The van der Waals surface area contributed by atoms with Crippen LogP contribution in [0.25, 0.3) is 0 Å². The van der Waals surface area contributed by atoms with E-state index in [4.69, 9.17) is 0 Å². The summed E-state index contributed by atoms with van der Waals surface area (Å²) in [5.41, 5.74) is 4.89. The second-order valence-corrected chi connectivity index (χ2v) is 9.32. The Balaban J connectivity index is 1.95. The molecule has 0 fully saturated rings. The third-order valence-corrected chi connectivity index (χ3v) is 7.30. The summed E-state index contributed by atoms with van der Waals surface area (Å²) in [6.07, 6.45) is 2.44. The molecule has 0 amide bonds. The minimum absolute atomic E-state index is 0.314. The third-order valence-electron chi connectivity index (χ3n) is 5.29. The van der Waals surface area contributed by atoms with Crippen molar-refractivity contribution >= 4 is 10.0 Å². The Morgan fingerprint density at radius 2 is 1.76 bits per heavy atom. The summed E-state index contributed by atoms with van der Waals surface area (Å²) in [6.45, 7) is 9.34. The zero-order chi connectivity index (χ0) is 21.0. The van der Waals surface area contributed by atoms with E-state index in [-0.39, 0.29) is 0 Å². The molecule has 5 nitrogen and oxygen atoms in total. The van der Waals surface area contributed by atoms with Crippen molar-refractivity contribution in [3.8, 4) is 0 Å². The number of benzene rings is 2. The van der Waals surface area contributed by atoms with E-state index in [1.165, 1.54) is 0 Å². The molecular formula is C23H29N3O2S. The maximum absolute atomic E-state index is 13.6. The summed E-state index contributed by atoms with van der Waals surface area (Å²) in [7, 11) is -3.63. The Hall–Kier alpha value is -2.44. The zero-order valence-electron chi connectivity index (χ0n) is 17.6. The number of sulfonamides is 1. The van der Waals surface area contributed by atoms with E-state index in [1.807, 2.05) is 74.8 Å². The summed E-state index contributed by atoms with van der Waals surface area (Å²) in [5, 5.41) is 4.38. The molecule has 154 valence electrons. The lowest BCUT2D eigenvalue weighted by Crippen LogP contribution is -2.33. The molecule has 0 aliphatic carbocycles. The average molecular weight is 412 g/mol. The van der Waals surface area contributed by atoms with E-state index in [0.29, 0.717) is 24.4 Å². The van der Waals surface area contributed by atoms with Crippen LogP contribution in [0.4, 0.5) is 0 Å². The molecule has 0 spiro atoms. The van der Waals surface area contributed by atoms with Crippen LogP contribution in [0.15, 0.2) is 59.6 Å². The van der Waals surface area contributed by atoms with Crippen molar-refractivity contribution in [2.24, 2.45) is 0 Å². The predicted octanol–water partition coefficient (Wildman–Crippen LogP) is 4.26. The maximum Gasteiger partial charge on any atom is 0.243 e. The molecule has 0 atom stereocenters. The number of rotatable bonds is 8. The predicted molar refractivity (Wildman–Crippen MR) is 116 cm³/mol. The standard InChI is InChI=1S/C23H29N3O2S/c1-5-26-20(4)22(16-24-26)17-25(14-13-21-9-7-6-8-10-21)29(27,28)23-12-11-18(2)15-19(23)3/h6-12,15-16H,5,13-14,17H2,1-4H3. The molecular weight excluding hydrogens is 382 g/mol. The lowest BCUT2D eigenvalue weighted by molar-refractivity contribution is 0.408. The molecule has 6 heteroatoms. The van der Waals surface area contributed by atoms with Crippen molar-refractivity contribution in [3.05, 3.63) is 82.7 Å². The molecule has 0 aliphatic rings. The average Bonchev–Trinajstić information content (AvgIpc) is 3.05. The first-order chi connectivity index (χ1) is 13.8. The number of nitrogens with zero attached hydrogens (tertiary/aromatic N) is 3. The van der Waals surface area contributed by atoms with Crippen molar-refractivity contribution in [1.82, 2.24) is 14.1 Å². The second-order valence-electron chi connectivity index (χ2n) is 7.41. The second kappa shape index (κ2) is 8.93. The van der Waals surface area contributed by atoms with Crippen LogP contribution < -0.4 is 0 Å². The van der Waals surface area contributed by atoms with Crippen LogP contribution in [0.5, 0.6) is 0 Å². The van der Waals surface area contributed by atoms with E-state index < -0.39 is 10.0 Å². The van der Waals surface area contributed by atoms with E-state index in [0.717, 1.165) is 34.5 Å². The Kier molecular flexibility index (Phi) is 6.55. The fourth-order valence-electron chi connectivity index (χ4n) is 3.56. The Bertz CT molecular complexity index is 1070. The molecule has 0 radical (unpaired) electrons. The van der Waals surface area contributed by atoms with Gasteiger partial charge in [-0.3, -0.25) is 4.68 Å². The number of aromatic nitrogens is 2. The molecule has 1 aromatic heterocycles. The van der Waals surface area contributed by atoms with Crippen molar-refractivity contribution in [2.75, 3.05) is 6.54 Å². The first-order valence-corrected chi connectivity index (χ1v) is 11.4. The highest BCUT2D eigenvalue weighted by Gasteiger charge is 2.27. The lowest BCUT2D eigenvalue weighted by atomic mass is 10.1. The van der Waals surface area contributed by atoms with Gasteiger partial charge in [0.25, 0.3) is 0 Å². The van der Waals surface area contributed by atoms with Gasteiger partial charge in [0.05, 0.1) is 11.1 Å². The molecule has 3 aromatic rings. The van der Waals surface area contributed by atoms with Crippen LogP contribution in [-0.2, 0) is 29.5 Å². The highest BCUT2D eigenvalue weighted by Crippen LogP contribution is 2.24. The maximum atomic E-state index is 13.6. The van der Waals surface area contributed by atoms with Gasteiger partial charge < -0.3 is 0 Å². The summed E-state index contributed by atoms with van der Waals surface area (Å²) >= 11 is 0. The first-order valence-electron chi connectivity index (χ1n) is 9.95. The zero-order valence-corrected chi connectivity index (χ0v) is 18.4. The Morgan fingerprint density at radius 1 is 1.03 bits per heavy atom. The van der Waals surface area contributed by atoms with E-state index in [9.17, 15) is 8.42 Å². The van der Waals surface area contributed by atoms with Gasteiger partial charge in [-0.2, -0.15) is 9.40 Å². The van der Waals surface area contributed by atoms with Crippen LogP contribution in [0.1, 0.15) is 34.9 Å². The van der Waals surface area contributed by atoms with Crippen molar-refractivity contribution < 1.29 is 8.42 Å². The van der Waals surface area contributed by atoms with Gasteiger partial charge in [0.1, 0.15) is 0 Å². The van der Waals surface area contributed by atoms with Gasteiger partial charge in [-0.25, -0.2) is 8.42 Å². The molecule has 3 rings (SSSR count). The fourth-order valence-corrected chi connectivity index (χ4v) is 5.18. The van der Waals surface area contributed by atoms with Crippen molar-refractivity contribution in [2.45, 2.75) is 52.1 Å². The van der Waals surface area contributed by atoms with Gasteiger partial charge in [0.2, 0.25) is 10.0 Å². The van der Waals surface area contributed by atoms with Crippen LogP contribution in [0.3, 0.4) is 0 Å². The minimum atomic E-state index is -3.63. The van der Waals surface area contributed by atoms with Gasteiger partial charge in [0.15, 0.2) is 0 Å². The van der Waals surface area contributed by atoms with Crippen LogP contribution >= 0.6 is 0 Å². The van der Waals surface area contributed by atoms with E-state index >= 15 is 0 Å². The summed E-state index contributed by atoms with van der Waals surface area (Å²) in [6, 6.07) is 15.5. The highest BCUT2D eigenvalue weighted by atomic mass is 32.2. The van der Waals surface area contributed by atoms with Gasteiger partial charge >= 0.3 is 0 Å². The van der Waals surface area contributed by atoms with E-state index in [2.05, 4.69) is 5.10 Å². The molecule has 0 unspecified atom stereocenters. The highest BCUT2D eigenvalue weighted by molar-refractivity contribution is 7.89. The minimum Gasteiger partial charge on any atom is -0.270 e. The summed E-state index contributed by atoms with van der Waals surface area (Å²) < 4.78 is 30.6. The van der Waals surface area contributed by atoms with Crippen molar-refractivity contribution in [3.63, 3.8) is 0 Å². The van der Waals surface area contributed by atoms with Crippen LogP contribution in [0.2, 0.25) is 0 Å². The Labute approximate surface area is 174 Å². The smallest absolute Gasteiger partial charge is 0.243 e. The molecule has 2 aromatic carbocycles. The Morgan fingerprint density at radius 3 is 2.38 bits per heavy atom. The quantitative estimate of drug-likeness (QED) is 0.556. The molecule has 1 heterocycles. The molecule has 0 saturated heterocycles. The summed E-state index contributed by atoms with van der Waals surface area (Å²) in [5.74, 6) is 0. The number of hydrogen-bond acceptors (Lipinski definition) is 3. The molecule has 0 aliphatic heterocycles. The topological polar surface area (TPSA) is 55.2 Å². The molecule has 0 N–H and O–H groups in total. The number of aryl methyl sites for hydroxylation is 3. The third kappa shape index (κ3) is 4.77. The normalized spacial score (nSPS) is 11.9. The van der Waals surface area contributed by atoms with Gasteiger partial charge in [-0.1, -0.05) is 48.0 Å².